The van der Waals surface area contributed by atoms with Gasteiger partial charge in [0.25, 0.3) is 0 Å². The van der Waals surface area contributed by atoms with Gasteiger partial charge >= 0.3 is 5.97 Å². The maximum absolute atomic E-state index is 11.1. The zero-order valence-corrected chi connectivity index (χ0v) is 10.6. The molecule has 1 aromatic rings. The lowest BCUT2D eigenvalue weighted by atomic mass is 9.78. The van der Waals surface area contributed by atoms with Crippen LogP contribution in [0.1, 0.15) is 50.2 Å². The molecule has 17 heavy (non-hydrogen) atoms. The summed E-state index contributed by atoms with van der Waals surface area (Å²) in [5.41, 5.74) is 1.84. The summed E-state index contributed by atoms with van der Waals surface area (Å²) in [4.78, 5) is 11.1. The molecule has 0 amide bonds. The van der Waals surface area contributed by atoms with Crippen LogP contribution in [0.5, 0.6) is 0 Å². The highest BCUT2D eigenvalue weighted by molar-refractivity contribution is 5.74. The van der Waals surface area contributed by atoms with E-state index in [0.29, 0.717) is 12.3 Å². The van der Waals surface area contributed by atoms with Gasteiger partial charge in [-0.3, -0.25) is 4.79 Å². The highest BCUT2D eigenvalue weighted by atomic mass is 16.4. The molecule has 92 valence electrons. The molecule has 0 atom stereocenters. The zero-order chi connectivity index (χ0) is 12.5. The summed E-state index contributed by atoms with van der Waals surface area (Å²) in [6.45, 7) is 3.57. The van der Waals surface area contributed by atoms with Crippen molar-refractivity contribution in [3.05, 3.63) is 35.4 Å². The number of carboxylic acid groups (broad SMARTS) is 1. The van der Waals surface area contributed by atoms with E-state index in [9.17, 15) is 4.79 Å². The summed E-state index contributed by atoms with van der Waals surface area (Å²) in [6, 6.07) is 8.45. The molecule has 0 aromatic heterocycles. The summed E-state index contributed by atoms with van der Waals surface area (Å²) in [7, 11) is 0. The number of hydrogen-bond acceptors (Lipinski definition) is 1. The summed E-state index contributed by atoms with van der Waals surface area (Å²) >= 11 is 0. The van der Waals surface area contributed by atoms with Gasteiger partial charge in [-0.2, -0.15) is 0 Å². The smallest absolute Gasteiger partial charge is 0.309 e. The first-order chi connectivity index (χ1) is 7.99. The van der Waals surface area contributed by atoms with Crippen LogP contribution in [0.4, 0.5) is 0 Å². The molecule has 0 bridgehead atoms. The van der Waals surface area contributed by atoms with E-state index in [1.165, 1.54) is 24.8 Å². The minimum atomic E-state index is -0.730. The van der Waals surface area contributed by atoms with Crippen LogP contribution in [0, 0.1) is 5.41 Å². The molecule has 0 radical (unpaired) electrons. The molecule has 1 aromatic carbocycles. The van der Waals surface area contributed by atoms with Gasteiger partial charge in [-0.25, -0.2) is 0 Å². The van der Waals surface area contributed by atoms with Crippen LogP contribution in [0.3, 0.4) is 0 Å². The summed E-state index contributed by atoms with van der Waals surface area (Å²) < 4.78 is 0. The Balaban J connectivity index is 2.13. The van der Waals surface area contributed by atoms with Crippen molar-refractivity contribution in [2.24, 2.45) is 5.41 Å². The summed E-state index contributed by atoms with van der Waals surface area (Å²) in [6.07, 6.45) is 4.50. The minimum absolute atomic E-state index is 0.600. The Labute approximate surface area is 103 Å². The Hall–Kier alpha value is -1.31. The maximum atomic E-state index is 11.1. The number of carbonyl (C=O) groups is 1. The molecule has 0 saturated heterocycles. The van der Waals surface area contributed by atoms with Gasteiger partial charge in [-0.05, 0) is 50.2 Å². The standard InChI is InChI=1S/C15H20O2/c1-15(2,14(16)17)10-11-5-3-8-13(9-11)12-6-4-7-12/h3,5,8-9,12H,4,6-7,10H2,1-2H3,(H,16,17). The second-order valence-corrected chi connectivity index (χ2v) is 5.74. The molecule has 2 rings (SSSR count). The van der Waals surface area contributed by atoms with Gasteiger partial charge < -0.3 is 5.11 Å². The average molecular weight is 232 g/mol. The second-order valence-electron chi connectivity index (χ2n) is 5.74. The first-order valence-corrected chi connectivity index (χ1v) is 6.31. The number of carboxylic acids is 1. The molecule has 1 saturated carbocycles. The highest BCUT2D eigenvalue weighted by Crippen LogP contribution is 2.37. The quantitative estimate of drug-likeness (QED) is 0.861. The third-order valence-corrected chi connectivity index (χ3v) is 3.75. The lowest BCUT2D eigenvalue weighted by molar-refractivity contribution is -0.146. The fraction of sp³-hybridized carbons (Fsp3) is 0.533. The normalized spacial score (nSPS) is 16.6. The van der Waals surface area contributed by atoms with E-state index in [1.54, 1.807) is 13.8 Å². The van der Waals surface area contributed by atoms with Gasteiger partial charge in [-0.1, -0.05) is 30.7 Å². The van der Waals surface area contributed by atoms with E-state index in [-0.39, 0.29) is 0 Å². The monoisotopic (exact) mass is 232 g/mol. The molecule has 0 spiro atoms. The average Bonchev–Trinajstić information content (AvgIpc) is 2.14. The molecule has 2 nitrogen and oxygen atoms in total. The summed E-state index contributed by atoms with van der Waals surface area (Å²) in [5.74, 6) is -0.0190. The Bertz CT molecular complexity index is 417. The van der Waals surface area contributed by atoms with E-state index in [2.05, 4.69) is 18.2 Å². The van der Waals surface area contributed by atoms with Crippen LogP contribution in [-0.2, 0) is 11.2 Å². The molecule has 2 heteroatoms. The van der Waals surface area contributed by atoms with Gasteiger partial charge in [0.1, 0.15) is 0 Å². The van der Waals surface area contributed by atoms with E-state index in [0.717, 1.165) is 5.56 Å². The predicted octanol–water partition coefficient (Wildman–Crippen LogP) is 3.61. The first-order valence-electron chi connectivity index (χ1n) is 6.31. The molecule has 0 unspecified atom stereocenters. The number of hydrogen-bond donors (Lipinski definition) is 1. The highest BCUT2D eigenvalue weighted by Gasteiger charge is 2.28. The molecule has 0 aliphatic heterocycles. The first kappa shape index (κ1) is 12.2. The van der Waals surface area contributed by atoms with Crippen molar-refractivity contribution in [3.8, 4) is 0 Å². The largest absolute Gasteiger partial charge is 0.481 e. The van der Waals surface area contributed by atoms with Crippen LogP contribution >= 0.6 is 0 Å². The summed E-state index contributed by atoms with van der Waals surface area (Å²) in [5, 5.41) is 9.14. The molecule has 1 fully saturated rings. The van der Waals surface area contributed by atoms with Crippen molar-refractivity contribution in [2.45, 2.75) is 45.4 Å². The van der Waals surface area contributed by atoms with Gasteiger partial charge in [0.05, 0.1) is 5.41 Å². The second kappa shape index (κ2) is 4.52. The maximum Gasteiger partial charge on any atom is 0.309 e. The van der Waals surface area contributed by atoms with E-state index >= 15 is 0 Å². The van der Waals surface area contributed by atoms with Gasteiger partial charge in [0.15, 0.2) is 0 Å². The van der Waals surface area contributed by atoms with E-state index in [4.69, 9.17) is 5.11 Å². The predicted molar refractivity (Wildman–Crippen MR) is 68.2 cm³/mol. The molecule has 1 N–H and O–H groups in total. The Morgan fingerprint density at radius 3 is 2.65 bits per heavy atom. The van der Waals surface area contributed by atoms with Gasteiger partial charge in [0.2, 0.25) is 0 Å². The van der Waals surface area contributed by atoms with Crippen LogP contribution in [0.2, 0.25) is 0 Å². The number of benzene rings is 1. The topological polar surface area (TPSA) is 37.3 Å². The fourth-order valence-corrected chi connectivity index (χ4v) is 2.28. The fourth-order valence-electron chi connectivity index (χ4n) is 2.28. The van der Waals surface area contributed by atoms with Gasteiger partial charge in [0, 0.05) is 0 Å². The van der Waals surface area contributed by atoms with Gasteiger partial charge in [-0.15, -0.1) is 0 Å². The van der Waals surface area contributed by atoms with Crippen molar-refractivity contribution in [3.63, 3.8) is 0 Å². The van der Waals surface area contributed by atoms with Crippen LogP contribution in [0.15, 0.2) is 24.3 Å². The SMILES string of the molecule is CC(C)(Cc1cccc(C2CCC2)c1)C(=O)O. The third-order valence-electron chi connectivity index (χ3n) is 3.75. The van der Waals surface area contributed by atoms with Crippen molar-refractivity contribution in [2.75, 3.05) is 0 Å². The minimum Gasteiger partial charge on any atom is -0.481 e. The molecule has 1 aliphatic carbocycles. The van der Waals surface area contributed by atoms with E-state index < -0.39 is 11.4 Å². The van der Waals surface area contributed by atoms with Crippen molar-refractivity contribution >= 4 is 5.97 Å². The Morgan fingerprint density at radius 2 is 2.12 bits per heavy atom. The molecular weight excluding hydrogens is 212 g/mol. The van der Waals surface area contributed by atoms with E-state index in [1.807, 2.05) is 6.07 Å². The van der Waals surface area contributed by atoms with Crippen molar-refractivity contribution < 1.29 is 9.90 Å². The zero-order valence-electron chi connectivity index (χ0n) is 10.6. The van der Waals surface area contributed by atoms with Crippen molar-refractivity contribution in [1.82, 2.24) is 0 Å². The molecular formula is C15H20O2. The molecule has 0 heterocycles. The number of aliphatic carboxylic acids is 1. The Morgan fingerprint density at radius 1 is 1.41 bits per heavy atom. The van der Waals surface area contributed by atoms with Crippen LogP contribution in [0.25, 0.3) is 0 Å². The lowest BCUT2D eigenvalue weighted by Crippen LogP contribution is -2.26. The molecule has 1 aliphatic rings. The number of rotatable bonds is 4. The Kier molecular flexibility index (Phi) is 3.23. The van der Waals surface area contributed by atoms with Crippen LogP contribution in [-0.4, -0.2) is 11.1 Å². The lowest BCUT2D eigenvalue weighted by Gasteiger charge is -2.27. The third kappa shape index (κ3) is 2.68. The van der Waals surface area contributed by atoms with Crippen molar-refractivity contribution in [1.29, 1.82) is 0 Å². The van der Waals surface area contributed by atoms with Crippen LogP contribution < -0.4 is 0 Å².